The van der Waals surface area contributed by atoms with Crippen LogP contribution in [0.25, 0.3) is 10.6 Å². The van der Waals surface area contributed by atoms with Crippen molar-refractivity contribution in [2.24, 2.45) is 0 Å². The maximum atomic E-state index is 14.0. The van der Waals surface area contributed by atoms with Crippen molar-refractivity contribution < 1.29 is 13.9 Å². The standard InChI is InChI=1S/C21H20FN5O2S/c22-14-2-1-6-24-19(14)20(28)27-7-4-21(5-8-27)13-10-17(30-16(13)3-9-29-21)15-11-26-18(23)12-25-15/h1-2,6,10-12H,3-5,7-9H2,(H2,23,26). The molecule has 0 aromatic carbocycles. The zero-order chi connectivity index (χ0) is 20.7. The first-order valence-corrected chi connectivity index (χ1v) is 10.6. The second-order valence-electron chi connectivity index (χ2n) is 7.49. The van der Waals surface area contributed by atoms with E-state index in [1.165, 1.54) is 28.8 Å². The molecule has 2 aliphatic rings. The molecule has 2 aliphatic heterocycles. The van der Waals surface area contributed by atoms with Gasteiger partial charge < -0.3 is 15.4 Å². The van der Waals surface area contributed by atoms with Crippen LogP contribution in [0.5, 0.6) is 0 Å². The summed E-state index contributed by atoms with van der Waals surface area (Å²) in [6.45, 7) is 1.62. The molecule has 5 heterocycles. The number of anilines is 1. The molecule has 0 unspecified atom stereocenters. The van der Waals surface area contributed by atoms with Crippen LogP contribution in [-0.2, 0) is 16.8 Å². The molecule has 154 valence electrons. The number of thiophene rings is 1. The Bertz CT molecular complexity index is 1090. The Balaban J connectivity index is 1.38. The minimum absolute atomic E-state index is 0.126. The van der Waals surface area contributed by atoms with Crippen molar-refractivity contribution in [3.8, 4) is 10.6 Å². The molecule has 1 amide bonds. The van der Waals surface area contributed by atoms with Crippen molar-refractivity contribution in [1.29, 1.82) is 0 Å². The van der Waals surface area contributed by atoms with Gasteiger partial charge in [0, 0.05) is 30.6 Å². The van der Waals surface area contributed by atoms with Crippen molar-refractivity contribution in [3.05, 3.63) is 58.7 Å². The topological polar surface area (TPSA) is 94.2 Å². The van der Waals surface area contributed by atoms with Gasteiger partial charge in [0.05, 0.1) is 35.2 Å². The normalized spacial score (nSPS) is 17.7. The Hall–Kier alpha value is -2.91. The molecular weight excluding hydrogens is 405 g/mol. The highest BCUT2D eigenvalue weighted by Crippen LogP contribution is 2.46. The number of amides is 1. The van der Waals surface area contributed by atoms with Gasteiger partial charge in [-0.3, -0.25) is 4.79 Å². The van der Waals surface area contributed by atoms with Crippen LogP contribution in [-0.4, -0.2) is 45.5 Å². The molecule has 5 rings (SSSR count). The van der Waals surface area contributed by atoms with Gasteiger partial charge in [0.2, 0.25) is 0 Å². The second kappa shape index (κ2) is 7.41. The highest BCUT2D eigenvalue weighted by Gasteiger charge is 2.43. The number of nitrogen functional groups attached to an aromatic ring is 1. The molecule has 0 radical (unpaired) electrons. The van der Waals surface area contributed by atoms with Gasteiger partial charge in [-0.25, -0.2) is 19.3 Å². The second-order valence-corrected chi connectivity index (χ2v) is 8.63. The molecule has 1 spiro atoms. The lowest BCUT2D eigenvalue weighted by atomic mass is 9.82. The third-order valence-corrected chi connectivity index (χ3v) is 6.97. The number of pyridine rings is 1. The van der Waals surface area contributed by atoms with E-state index in [1.807, 2.05) is 0 Å². The first-order chi connectivity index (χ1) is 14.6. The summed E-state index contributed by atoms with van der Waals surface area (Å²) in [5.74, 6) is -0.575. The number of likely N-dealkylation sites (tertiary alicyclic amines) is 1. The molecule has 0 atom stereocenters. The lowest BCUT2D eigenvalue weighted by Gasteiger charge is -2.44. The Labute approximate surface area is 176 Å². The Morgan fingerprint density at radius 1 is 1.23 bits per heavy atom. The molecule has 7 nitrogen and oxygen atoms in total. The van der Waals surface area contributed by atoms with E-state index in [4.69, 9.17) is 10.5 Å². The molecule has 0 bridgehead atoms. The monoisotopic (exact) mass is 425 g/mol. The quantitative estimate of drug-likeness (QED) is 0.678. The zero-order valence-electron chi connectivity index (χ0n) is 16.2. The van der Waals surface area contributed by atoms with Crippen molar-refractivity contribution in [2.75, 3.05) is 25.4 Å². The van der Waals surface area contributed by atoms with E-state index >= 15 is 0 Å². The summed E-state index contributed by atoms with van der Waals surface area (Å²) in [6.07, 6.45) is 6.84. The Morgan fingerprint density at radius 2 is 2.07 bits per heavy atom. The maximum absolute atomic E-state index is 14.0. The number of nitrogens with two attached hydrogens (primary N) is 1. The molecule has 30 heavy (non-hydrogen) atoms. The maximum Gasteiger partial charge on any atom is 0.275 e. The van der Waals surface area contributed by atoms with Crippen LogP contribution in [0.2, 0.25) is 0 Å². The molecule has 1 saturated heterocycles. The van der Waals surface area contributed by atoms with E-state index in [1.54, 1.807) is 28.6 Å². The molecule has 0 saturated carbocycles. The fraction of sp³-hybridized carbons (Fsp3) is 0.333. The molecule has 0 aliphatic carbocycles. The molecule has 2 N–H and O–H groups in total. The summed E-state index contributed by atoms with van der Waals surface area (Å²) >= 11 is 1.70. The van der Waals surface area contributed by atoms with Gasteiger partial charge in [-0.1, -0.05) is 0 Å². The fourth-order valence-electron chi connectivity index (χ4n) is 4.19. The predicted octanol–water partition coefficient (Wildman–Crippen LogP) is 3.03. The van der Waals surface area contributed by atoms with Gasteiger partial charge in [0.15, 0.2) is 11.5 Å². The summed E-state index contributed by atoms with van der Waals surface area (Å²) in [6, 6.07) is 4.87. The number of fused-ring (bicyclic) bond motifs is 2. The zero-order valence-corrected chi connectivity index (χ0v) is 17.0. The largest absolute Gasteiger partial charge is 0.382 e. The number of ether oxygens (including phenoxy) is 1. The highest BCUT2D eigenvalue weighted by atomic mass is 32.1. The van der Waals surface area contributed by atoms with Crippen LogP contribution < -0.4 is 5.73 Å². The predicted molar refractivity (Wildman–Crippen MR) is 110 cm³/mol. The summed E-state index contributed by atoms with van der Waals surface area (Å²) in [5.41, 5.74) is 7.06. The van der Waals surface area contributed by atoms with Crippen LogP contribution in [0.1, 0.15) is 33.8 Å². The number of aromatic nitrogens is 3. The number of halogens is 1. The van der Waals surface area contributed by atoms with Gasteiger partial charge in [-0.15, -0.1) is 11.3 Å². The van der Waals surface area contributed by atoms with Crippen molar-refractivity contribution >= 4 is 23.1 Å². The molecule has 3 aromatic rings. The SMILES string of the molecule is Nc1cnc(-c2cc3c(s2)CCOC32CCN(C(=O)c3ncccc3F)CC2)cn1. The first-order valence-electron chi connectivity index (χ1n) is 9.81. The third kappa shape index (κ3) is 3.23. The van der Waals surface area contributed by atoms with Gasteiger partial charge in [-0.2, -0.15) is 0 Å². The average Bonchev–Trinajstić information content (AvgIpc) is 3.21. The number of hydrogen-bond donors (Lipinski definition) is 1. The van der Waals surface area contributed by atoms with Gasteiger partial charge >= 0.3 is 0 Å². The van der Waals surface area contributed by atoms with Crippen LogP contribution in [0.3, 0.4) is 0 Å². The molecular formula is C21H20FN5O2S. The summed E-state index contributed by atoms with van der Waals surface area (Å²) in [4.78, 5) is 29.1. The van der Waals surface area contributed by atoms with Gasteiger partial charge in [-0.05, 0) is 36.6 Å². The molecule has 3 aromatic heterocycles. The number of nitrogens with zero attached hydrogens (tertiary/aromatic N) is 4. The minimum atomic E-state index is -0.592. The van der Waals surface area contributed by atoms with E-state index in [0.29, 0.717) is 38.4 Å². The van der Waals surface area contributed by atoms with E-state index in [2.05, 4.69) is 21.0 Å². The summed E-state index contributed by atoms with van der Waals surface area (Å²) < 4.78 is 20.3. The Morgan fingerprint density at radius 3 is 2.80 bits per heavy atom. The first kappa shape index (κ1) is 19.1. The van der Waals surface area contributed by atoms with Gasteiger partial charge in [0.25, 0.3) is 5.91 Å². The number of piperidine rings is 1. The number of carbonyl (C=O) groups is 1. The number of carbonyl (C=O) groups excluding carboxylic acids is 1. The number of hydrogen-bond acceptors (Lipinski definition) is 7. The summed E-state index contributed by atoms with van der Waals surface area (Å²) in [7, 11) is 0. The van der Waals surface area contributed by atoms with Crippen LogP contribution >= 0.6 is 11.3 Å². The third-order valence-electron chi connectivity index (χ3n) is 5.75. The smallest absolute Gasteiger partial charge is 0.275 e. The van der Waals surface area contributed by atoms with Crippen LogP contribution in [0.15, 0.2) is 36.8 Å². The van der Waals surface area contributed by atoms with Gasteiger partial charge in [0.1, 0.15) is 5.82 Å². The lowest BCUT2D eigenvalue weighted by Crippen LogP contribution is -2.48. The van der Waals surface area contributed by atoms with Crippen molar-refractivity contribution in [1.82, 2.24) is 19.9 Å². The fourth-order valence-corrected chi connectivity index (χ4v) is 5.38. The average molecular weight is 425 g/mol. The molecule has 9 heteroatoms. The summed E-state index contributed by atoms with van der Waals surface area (Å²) in [5, 5.41) is 0. The van der Waals surface area contributed by atoms with E-state index < -0.39 is 11.4 Å². The van der Waals surface area contributed by atoms with Crippen LogP contribution in [0.4, 0.5) is 10.2 Å². The van der Waals surface area contributed by atoms with Crippen LogP contribution in [0, 0.1) is 5.82 Å². The van der Waals surface area contributed by atoms with Crippen molar-refractivity contribution in [2.45, 2.75) is 24.9 Å². The molecule has 1 fully saturated rings. The minimum Gasteiger partial charge on any atom is -0.382 e. The highest BCUT2D eigenvalue weighted by molar-refractivity contribution is 7.15. The lowest BCUT2D eigenvalue weighted by molar-refractivity contribution is -0.0927. The van der Waals surface area contributed by atoms with E-state index in [-0.39, 0.29) is 11.6 Å². The number of rotatable bonds is 2. The van der Waals surface area contributed by atoms with E-state index in [9.17, 15) is 9.18 Å². The van der Waals surface area contributed by atoms with E-state index in [0.717, 1.165) is 17.0 Å². The Kier molecular flexibility index (Phi) is 4.71. The van der Waals surface area contributed by atoms with Crippen molar-refractivity contribution in [3.63, 3.8) is 0 Å².